The summed E-state index contributed by atoms with van der Waals surface area (Å²) in [5, 5.41) is 1.62. The zero-order valence-corrected chi connectivity index (χ0v) is 18.9. The number of halogens is 4. The van der Waals surface area contributed by atoms with Gasteiger partial charge in [0.15, 0.2) is 0 Å². The van der Waals surface area contributed by atoms with Crippen LogP contribution in [0.5, 0.6) is 5.75 Å². The molecule has 2 aromatic rings. The van der Waals surface area contributed by atoms with Crippen LogP contribution in [0.15, 0.2) is 51.8 Å². The van der Waals surface area contributed by atoms with Gasteiger partial charge in [-0.05, 0) is 61.2 Å². The minimum atomic E-state index is -4.56. The third-order valence-electron chi connectivity index (χ3n) is 4.21. The summed E-state index contributed by atoms with van der Waals surface area (Å²) < 4.78 is 44.8. The molecule has 0 radical (unpaired) electrons. The fourth-order valence-corrected chi connectivity index (χ4v) is 4.02. The fourth-order valence-electron chi connectivity index (χ4n) is 2.81. The van der Waals surface area contributed by atoms with Crippen molar-refractivity contribution in [3.8, 4) is 5.75 Å². The molecule has 1 saturated heterocycles. The van der Waals surface area contributed by atoms with Crippen molar-refractivity contribution < 1.29 is 32.3 Å². The number of ether oxygens (including phenoxy) is 1. The molecule has 3 rings (SSSR count). The summed E-state index contributed by atoms with van der Waals surface area (Å²) in [6.45, 7) is 1.58. The Morgan fingerprint density at radius 1 is 1.22 bits per heavy atom. The van der Waals surface area contributed by atoms with Crippen molar-refractivity contribution in [1.82, 2.24) is 4.90 Å². The van der Waals surface area contributed by atoms with E-state index in [-0.39, 0.29) is 10.6 Å². The second-order valence-corrected chi connectivity index (χ2v) is 8.42. The molecule has 0 aliphatic carbocycles. The summed E-state index contributed by atoms with van der Waals surface area (Å²) in [6, 6.07) is 9.28. The van der Waals surface area contributed by atoms with Crippen molar-refractivity contribution in [3.05, 3.63) is 63.0 Å². The predicted octanol–water partition coefficient (Wildman–Crippen LogP) is 5.54. The van der Waals surface area contributed by atoms with Gasteiger partial charge in [0.25, 0.3) is 11.1 Å². The van der Waals surface area contributed by atoms with E-state index >= 15 is 0 Å². The van der Waals surface area contributed by atoms with Gasteiger partial charge in [-0.25, -0.2) is 0 Å². The Kier molecular flexibility index (Phi) is 7.29. The van der Waals surface area contributed by atoms with Crippen LogP contribution in [-0.4, -0.2) is 35.1 Å². The fraction of sp³-hybridized carbons (Fsp3) is 0.190. The molecule has 0 saturated carbocycles. The summed E-state index contributed by atoms with van der Waals surface area (Å²) in [4.78, 5) is 38.1. The number of nitrogens with one attached hydrogen (secondary N) is 1. The molecule has 1 aliphatic rings. The van der Waals surface area contributed by atoms with Crippen LogP contribution >= 0.6 is 27.7 Å². The van der Waals surface area contributed by atoms with Crippen molar-refractivity contribution in [2.75, 3.05) is 18.5 Å². The van der Waals surface area contributed by atoms with Gasteiger partial charge in [0, 0.05) is 15.7 Å². The average molecular weight is 529 g/mol. The first-order valence-electron chi connectivity index (χ1n) is 9.23. The van der Waals surface area contributed by atoms with Crippen molar-refractivity contribution in [1.29, 1.82) is 0 Å². The van der Waals surface area contributed by atoms with E-state index in [1.165, 1.54) is 12.1 Å². The number of benzene rings is 2. The minimum Gasteiger partial charge on any atom is -0.493 e. The molecule has 1 heterocycles. The largest absolute Gasteiger partial charge is 0.493 e. The number of amides is 3. The van der Waals surface area contributed by atoms with Gasteiger partial charge in [-0.2, -0.15) is 13.2 Å². The number of rotatable bonds is 6. The molecule has 32 heavy (non-hydrogen) atoms. The molecule has 1 fully saturated rings. The molecule has 0 bridgehead atoms. The summed E-state index contributed by atoms with van der Waals surface area (Å²) in [7, 11) is 0. The maximum atomic E-state index is 12.8. The molecule has 3 amide bonds. The lowest BCUT2D eigenvalue weighted by Crippen LogP contribution is -2.36. The number of anilines is 1. The maximum Gasteiger partial charge on any atom is 0.416 e. The smallest absolute Gasteiger partial charge is 0.416 e. The number of thioether (sulfide) groups is 1. The number of alkyl halides is 3. The van der Waals surface area contributed by atoms with E-state index in [4.69, 9.17) is 4.74 Å². The highest BCUT2D eigenvalue weighted by Crippen LogP contribution is 2.35. The summed E-state index contributed by atoms with van der Waals surface area (Å²) in [5.74, 6) is -0.961. The van der Waals surface area contributed by atoms with E-state index in [0.717, 1.165) is 27.6 Å². The zero-order chi connectivity index (χ0) is 23.5. The maximum absolute atomic E-state index is 12.8. The van der Waals surface area contributed by atoms with Crippen LogP contribution in [0.2, 0.25) is 0 Å². The van der Waals surface area contributed by atoms with Gasteiger partial charge in [-0.3, -0.25) is 19.3 Å². The van der Waals surface area contributed by atoms with E-state index in [9.17, 15) is 27.6 Å². The monoisotopic (exact) mass is 528 g/mol. The Labute approximate surface area is 193 Å². The molecule has 0 spiro atoms. The first kappa shape index (κ1) is 23.9. The van der Waals surface area contributed by atoms with Crippen LogP contribution in [0, 0.1) is 0 Å². The zero-order valence-electron chi connectivity index (χ0n) is 16.5. The van der Waals surface area contributed by atoms with Crippen molar-refractivity contribution >= 4 is 56.5 Å². The highest BCUT2D eigenvalue weighted by atomic mass is 79.9. The molecular weight excluding hydrogens is 513 g/mol. The molecule has 6 nitrogen and oxygen atoms in total. The quantitative estimate of drug-likeness (QED) is 0.498. The first-order chi connectivity index (χ1) is 15.1. The van der Waals surface area contributed by atoms with E-state index < -0.39 is 35.3 Å². The number of carbonyl (C=O) groups is 3. The van der Waals surface area contributed by atoms with Gasteiger partial charge in [0.05, 0.1) is 17.1 Å². The van der Waals surface area contributed by atoms with E-state index in [1.807, 2.05) is 6.92 Å². The van der Waals surface area contributed by atoms with Gasteiger partial charge in [-0.15, -0.1) is 0 Å². The Hall–Kier alpha value is -2.79. The third-order valence-corrected chi connectivity index (χ3v) is 5.61. The second kappa shape index (κ2) is 9.78. The third kappa shape index (κ3) is 5.71. The highest BCUT2D eigenvalue weighted by molar-refractivity contribution is 9.10. The van der Waals surface area contributed by atoms with Crippen molar-refractivity contribution in [3.63, 3.8) is 0 Å². The SMILES string of the molecule is CCOc1ccc(Br)cc1/C=C1\SC(=O)N(CC(=O)Nc2cccc(C(F)(F)F)c2)C1=O. The van der Waals surface area contributed by atoms with E-state index in [0.29, 0.717) is 29.7 Å². The topological polar surface area (TPSA) is 75.7 Å². The molecule has 2 aromatic carbocycles. The van der Waals surface area contributed by atoms with Gasteiger partial charge in [-0.1, -0.05) is 22.0 Å². The van der Waals surface area contributed by atoms with Crippen molar-refractivity contribution in [2.45, 2.75) is 13.1 Å². The lowest BCUT2D eigenvalue weighted by Gasteiger charge is -2.13. The standard InChI is InChI=1S/C21H16BrF3N2O4S/c1-2-31-16-7-6-14(22)8-12(16)9-17-19(29)27(20(30)32-17)11-18(28)26-15-5-3-4-13(10-15)21(23,24)25/h3-10H,2,11H2,1H3,(H,26,28)/b17-9-. The Morgan fingerprint density at radius 3 is 2.66 bits per heavy atom. The van der Waals surface area contributed by atoms with Crippen LogP contribution in [0.1, 0.15) is 18.1 Å². The normalized spacial score (nSPS) is 15.4. The average Bonchev–Trinajstić information content (AvgIpc) is 2.97. The molecule has 11 heteroatoms. The summed E-state index contributed by atoms with van der Waals surface area (Å²) in [5.41, 5.74) is -0.452. The van der Waals surface area contributed by atoms with Crippen LogP contribution in [-0.2, 0) is 15.8 Å². The van der Waals surface area contributed by atoms with Crippen LogP contribution < -0.4 is 10.1 Å². The molecule has 1 aliphatic heterocycles. The van der Waals surface area contributed by atoms with Crippen molar-refractivity contribution in [2.24, 2.45) is 0 Å². The Morgan fingerprint density at radius 2 is 1.97 bits per heavy atom. The van der Waals surface area contributed by atoms with E-state index in [2.05, 4.69) is 21.2 Å². The van der Waals surface area contributed by atoms with Gasteiger partial charge >= 0.3 is 6.18 Å². The van der Waals surface area contributed by atoms with Gasteiger partial charge < -0.3 is 10.1 Å². The Bertz CT molecular complexity index is 1100. The minimum absolute atomic E-state index is 0.0946. The molecule has 168 valence electrons. The number of hydrogen-bond acceptors (Lipinski definition) is 5. The summed E-state index contributed by atoms with van der Waals surface area (Å²) >= 11 is 4.00. The number of nitrogens with zero attached hydrogens (tertiary/aromatic N) is 1. The summed E-state index contributed by atoms with van der Waals surface area (Å²) in [6.07, 6.45) is -3.07. The lowest BCUT2D eigenvalue weighted by atomic mass is 10.2. The lowest BCUT2D eigenvalue weighted by molar-refractivity contribution is -0.137. The number of hydrogen-bond donors (Lipinski definition) is 1. The van der Waals surface area contributed by atoms with Gasteiger partial charge in [0.1, 0.15) is 12.3 Å². The number of imide groups is 1. The van der Waals surface area contributed by atoms with Crippen LogP contribution in [0.3, 0.4) is 0 Å². The van der Waals surface area contributed by atoms with E-state index in [1.54, 1.807) is 18.2 Å². The number of carbonyl (C=O) groups excluding carboxylic acids is 3. The Balaban J connectivity index is 1.74. The van der Waals surface area contributed by atoms with Gasteiger partial charge in [0.2, 0.25) is 5.91 Å². The second-order valence-electron chi connectivity index (χ2n) is 6.51. The first-order valence-corrected chi connectivity index (χ1v) is 10.8. The molecule has 1 N–H and O–H groups in total. The molecule has 0 aromatic heterocycles. The molecule has 0 atom stereocenters. The van der Waals surface area contributed by atoms with Crippen LogP contribution in [0.25, 0.3) is 6.08 Å². The van der Waals surface area contributed by atoms with Crippen LogP contribution in [0.4, 0.5) is 23.7 Å². The molecule has 0 unspecified atom stereocenters. The molecular formula is C21H16BrF3N2O4S. The highest BCUT2D eigenvalue weighted by Gasteiger charge is 2.36. The predicted molar refractivity (Wildman–Crippen MR) is 118 cm³/mol.